The van der Waals surface area contributed by atoms with Gasteiger partial charge in [-0.2, -0.15) is 0 Å². The highest BCUT2D eigenvalue weighted by Gasteiger charge is 2.31. The topological polar surface area (TPSA) is 79.4 Å². The summed E-state index contributed by atoms with van der Waals surface area (Å²) < 4.78 is 5.53. The second-order valence-electron chi connectivity index (χ2n) is 6.97. The summed E-state index contributed by atoms with van der Waals surface area (Å²) in [4.78, 5) is 10.3. The van der Waals surface area contributed by atoms with Crippen LogP contribution in [-0.4, -0.2) is 53.8 Å². The van der Waals surface area contributed by atoms with Crippen LogP contribution < -0.4 is 4.90 Å². The van der Waals surface area contributed by atoms with E-state index in [0.29, 0.717) is 16.8 Å². The van der Waals surface area contributed by atoms with Gasteiger partial charge in [-0.3, -0.25) is 9.98 Å². The van der Waals surface area contributed by atoms with Crippen molar-refractivity contribution in [2.75, 3.05) is 26.3 Å². The molecule has 1 saturated heterocycles. The maximum absolute atomic E-state index is 10.3. The summed E-state index contributed by atoms with van der Waals surface area (Å²) in [6, 6.07) is 10.6. The lowest BCUT2D eigenvalue weighted by atomic mass is 9.98. The number of nitrogens with one attached hydrogen (secondary N) is 1. The average Bonchev–Trinajstić information content (AvgIpc) is 2.71. The molecule has 2 atom stereocenters. The lowest BCUT2D eigenvalue weighted by molar-refractivity contribution is -0.940. The number of aryl methyl sites for hydroxylation is 1. The fourth-order valence-corrected chi connectivity index (χ4v) is 3.66. The van der Waals surface area contributed by atoms with E-state index in [1.165, 1.54) is 10.5 Å². The van der Waals surface area contributed by atoms with Crippen molar-refractivity contribution in [1.82, 2.24) is 4.98 Å². The molecular weight excluding hydrogens is 342 g/mol. The van der Waals surface area contributed by atoms with Crippen molar-refractivity contribution >= 4 is 6.21 Å². The van der Waals surface area contributed by atoms with E-state index in [9.17, 15) is 10.2 Å². The fraction of sp³-hybridized carbons (Fsp3) is 0.429. The number of aromatic hydroxyl groups is 1. The number of aliphatic hydroxyl groups is 1. The first-order valence-electron chi connectivity index (χ1n) is 9.40. The van der Waals surface area contributed by atoms with Gasteiger partial charge in [0.05, 0.1) is 25.5 Å². The number of pyridine rings is 1. The number of hydrogen-bond donors (Lipinski definition) is 3. The SMILES string of the molecule is Cc1ncc(CO)c(C=N[C@@H](C)[C@H](c2ccccc2)[NH+]2CCOCC2)c1O. The van der Waals surface area contributed by atoms with Crippen LogP contribution in [0.2, 0.25) is 0 Å². The van der Waals surface area contributed by atoms with Gasteiger partial charge in [-0.05, 0) is 13.8 Å². The Kier molecular flexibility index (Phi) is 6.55. The zero-order valence-corrected chi connectivity index (χ0v) is 15.9. The van der Waals surface area contributed by atoms with Gasteiger partial charge in [-0.1, -0.05) is 30.3 Å². The first-order chi connectivity index (χ1) is 13.1. The van der Waals surface area contributed by atoms with Gasteiger partial charge in [-0.15, -0.1) is 0 Å². The first-order valence-corrected chi connectivity index (χ1v) is 9.40. The fourth-order valence-electron chi connectivity index (χ4n) is 3.66. The molecule has 1 aliphatic rings. The second-order valence-corrected chi connectivity index (χ2v) is 6.97. The highest BCUT2D eigenvalue weighted by molar-refractivity contribution is 5.85. The molecule has 0 bridgehead atoms. The molecule has 1 aromatic heterocycles. The molecule has 0 spiro atoms. The molecule has 1 aliphatic heterocycles. The van der Waals surface area contributed by atoms with Crippen molar-refractivity contribution in [3.63, 3.8) is 0 Å². The summed E-state index contributed by atoms with van der Waals surface area (Å²) in [6.07, 6.45) is 3.26. The largest absolute Gasteiger partial charge is 0.505 e. The summed E-state index contributed by atoms with van der Waals surface area (Å²) in [5, 5.41) is 19.9. The third-order valence-electron chi connectivity index (χ3n) is 5.18. The number of hydrogen-bond acceptors (Lipinski definition) is 5. The van der Waals surface area contributed by atoms with Gasteiger partial charge in [-0.25, -0.2) is 0 Å². The molecule has 0 amide bonds. The van der Waals surface area contributed by atoms with Gasteiger partial charge in [0.15, 0.2) is 0 Å². The second kappa shape index (κ2) is 9.08. The number of aliphatic imine (C=N–C) groups is 1. The van der Waals surface area contributed by atoms with Crippen LogP contribution in [0.25, 0.3) is 0 Å². The predicted molar refractivity (Wildman–Crippen MR) is 104 cm³/mol. The van der Waals surface area contributed by atoms with Crippen LogP contribution >= 0.6 is 0 Å². The number of morpholine rings is 1. The van der Waals surface area contributed by atoms with E-state index in [1.54, 1.807) is 19.3 Å². The number of nitrogens with zero attached hydrogens (tertiary/aromatic N) is 2. The van der Waals surface area contributed by atoms with Crippen LogP contribution in [0.15, 0.2) is 41.5 Å². The Morgan fingerprint density at radius 1 is 1.26 bits per heavy atom. The number of rotatable bonds is 6. The van der Waals surface area contributed by atoms with Crippen LogP contribution in [0.1, 0.15) is 35.3 Å². The van der Waals surface area contributed by atoms with Crippen molar-refractivity contribution in [3.8, 4) is 5.75 Å². The van der Waals surface area contributed by atoms with E-state index in [1.807, 2.05) is 6.07 Å². The Labute approximate surface area is 160 Å². The molecule has 144 valence electrons. The smallest absolute Gasteiger partial charge is 0.145 e. The zero-order chi connectivity index (χ0) is 19.2. The Morgan fingerprint density at radius 2 is 1.96 bits per heavy atom. The van der Waals surface area contributed by atoms with Crippen molar-refractivity contribution in [3.05, 3.63) is 58.9 Å². The minimum Gasteiger partial charge on any atom is -0.505 e. The van der Waals surface area contributed by atoms with Gasteiger partial charge in [0.1, 0.15) is 30.9 Å². The molecule has 3 N–H and O–H groups in total. The van der Waals surface area contributed by atoms with Crippen LogP contribution in [0, 0.1) is 6.92 Å². The Bertz CT molecular complexity index is 774. The Balaban J connectivity index is 1.90. The minimum atomic E-state index is -0.187. The number of aliphatic hydroxyl groups excluding tert-OH is 1. The predicted octanol–water partition coefficient (Wildman–Crippen LogP) is 1.05. The third-order valence-corrected chi connectivity index (χ3v) is 5.18. The van der Waals surface area contributed by atoms with Gasteiger partial charge in [0.2, 0.25) is 0 Å². The van der Waals surface area contributed by atoms with E-state index in [2.05, 4.69) is 36.2 Å². The first kappa shape index (κ1) is 19.5. The van der Waals surface area contributed by atoms with Gasteiger partial charge < -0.3 is 19.8 Å². The maximum atomic E-state index is 10.3. The van der Waals surface area contributed by atoms with Crippen molar-refractivity contribution in [2.24, 2.45) is 4.99 Å². The quantitative estimate of drug-likeness (QED) is 0.664. The molecule has 1 aromatic carbocycles. The van der Waals surface area contributed by atoms with Crippen LogP contribution in [0.5, 0.6) is 5.75 Å². The minimum absolute atomic E-state index is 0.0000794. The normalized spacial score (nSPS) is 17.9. The summed E-state index contributed by atoms with van der Waals surface area (Å²) >= 11 is 0. The lowest BCUT2D eigenvalue weighted by Crippen LogP contribution is -3.15. The number of quaternary nitrogens is 1. The summed E-state index contributed by atoms with van der Waals surface area (Å²) in [5.41, 5.74) is 2.89. The van der Waals surface area contributed by atoms with Crippen LogP contribution in [0.4, 0.5) is 0 Å². The molecule has 0 saturated carbocycles. The Hall–Kier alpha value is -2.28. The monoisotopic (exact) mass is 370 g/mol. The summed E-state index contributed by atoms with van der Waals surface area (Å²) in [5.74, 6) is 0.0764. The van der Waals surface area contributed by atoms with Gasteiger partial charge in [0, 0.05) is 29.1 Å². The third kappa shape index (κ3) is 4.53. The molecular formula is C21H28N3O3+. The maximum Gasteiger partial charge on any atom is 0.145 e. The standard InChI is InChI=1S/C21H27N3O3/c1-15(23-13-19-18(14-25)12-22-16(2)21(19)26)20(17-6-4-3-5-7-17)24-8-10-27-11-9-24/h3-7,12-13,15,20,25-26H,8-11,14H2,1-2H3/p+1/t15-,20+/m0/s1. The Morgan fingerprint density at radius 3 is 2.63 bits per heavy atom. The van der Waals surface area contributed by atoms with E-state index >= 15 is 0 Å². The van der Waals surface area contributed by atoms with E-state index < -0.39 is 0 Å². The van der Waals surface area contributed by atoms with Crippen molar-refractivity contribution in [2.45, 2.75) is 32.5 Å². The van der Waals surface area contributed by atoms with Gasteiger partial charge in [0.25, 0.3) is 0 Å². The van der Waals surface area contributed by atoms with Crippen molar-refractivity contribution in [1.29, 1.82) is 0 Å². The molecule has 2 aromatic rings. The highest BCUT2D eigenvalue weighted by Crippen LogP contribution is 2.23. The molecule has 1 fully saturated rings. The lowest BCUT2D eigenvalue weighted by Gasteiger charge is -2.33. The highest BCUT2D eigenvalue weighted by atomic mass is 16.5. The molecule has 3 rings (SSSR count). The van der Waals surface area contributed by atoms with E-state index in [0.717, 1.165) is 26.3 Å². The van der Waals surface area contributed by atoms with Crippen LogP contribution in [0.3, 0.4) is 0 Å². The molecule has 6 nitrogen and oxygen atoms in total. The molecule has 2 heterocycles. The molecule has 0 aliphatic carbocycles. The average molecular weight is 370 g/mol. The molecule has 27 heavy (non-hydrogen) atoms. The zero-order valence-electron chi connectivity index (χ0n) is 15.9. The molecule has 6 heteroatoms. The molecule has 0 radical (unpaired) electrons. The van der Waals surface area contributed by atoms with E-state index in [-0.39, 0.29) is 24.4 Å². The number of aromatic nitrogens is 1. The number of ether oxygens (including phenoxy) is 1. The molecule has 0 unspecified atom stereocenters. The number of benzene rings is 1. The van der Waals surface area contributed by atoms with Crippen LogP contribution in [-0.2, 0) is 11.3 Å². The summed E-state index contributed by atoms with van der Waals surface area (Å²) in [6.45, 7) is 7.06. The van der Waals surface area contributed by atoms with Gasteiger partial charge >= 0.3 is 0 Å². The summed E-state index contributed by atoms with van der Waals surface area (Å²) in [7, 11) is 0. The van der Waals surface area contributed by atoms with Crippen molar-refractivity contribution < 1.29 is 19.8 Å². The van der Waals surface area contributed by atoms with E-state index in [4.69, 9.17) is 9.73 Å².